The summed E-state index contributed by atoms with van der Waals surface area (Å²) in [7, 11) is -1.19. The fraction of sp³-hybridized carbons (Fsp3) is 0.857. The number of hydrogen-bond donors (Lipinski definition) is 3. The van der Waals surface area contributed by atoms with Crippen LogP contribution in [0, 0.1) is 0 Å². The van der Waals surface area contributed by atoms with Crippen LogP contribution in [0.2, 0.25) is 0 Å². The molecule has 7 nitrogen and oxygen atoms in total. The maximum absolute atomic E-state index is 11.0. The fourth-order valence-electron chi connectivity index (χ4n) is 1.12. The Morgan fingerprint density at radius 2 is 1.87 bits per heavy atom. The van der Waals surface area contributed by atoms with Gasteiger partial charge < -0.3 is 9.79 Å². The van der Waals surface area contributed by atoms with E-state index in [2.05, 4.69) is 0 Å². The molecular weight excluding hydrogens is 223 g/mol. The summed E-state index contributed by atoms with van der Waals surface area (Å²) in [5.41, 5.74) is 0. The number of nitrogens with zero attached hydrogens (tertiary/aromatic N) is 2. The third-order valence-electron chi connectivity index (χ3n) is 1.95. The first kappa shape index (κ1) is 14.5. The lowest BCUT2D eigenvalue weighted by Gasteiger charge is -2.26. The Morgan fingerprint density at radius 3 is 2.13 bits per heavy atom. The largest absolute Gasteiger partial charge is 0.342 e. The maximum Gasteiger partial charge on any atom is 0.342 e. The molecule has 0 aliphatic carbocycles. The zero-order valence-electron chi connectivity index (χ0n) is 8.99. The summed E-state index contributed by atoms with van der Waals surface area (Å²) >= 11 is 0. The van der Waals surface area contributed by atoms with Crippen LogP contribution in [-0.4, -0.2) is 57.3 Å². The monoisotopic (exact) mass is 240 g/mol. The third-order valence-corrected chi connectivity index (χ3v) is 3.44. The van der Waals surface area contributed by atoms with E-state index in [1.54, 1.807) is 0 Å². The first-order chi connectivity index (χ1) is 6.66. The Balaban J connectivity index is 4.34. The van der Waals surface area contributed by atoms with E-state index in [0.29, 0.717) is 5.06 Å². The van der Waals surface area contributed by atoms with E-state index in [9.17, 15) is 9.36 Å². The van der Waals surface area contributed by atoms with Gasteiger partial charge in [0.05, 0.1) is 6.54 Å². The van der Waals surface area contributed by atoms with Gasteiger partial charge in [0, 0.05) is 6.92 Å². The van der Waals surface area contributed by atoms with Crippen LogP contribution in [0.25, 0.3) is 0 Å². The number of amides is 1. The summed E-state index contributed by atoms with van der Waals surface area (Å²) < 4.78 is 11.0. The second-order valence-corrected chi connectivity index (χ2v) is 5.24. The van der Waals surface area contributed by atoms with Crippen LogP contribution in [0.4, 0.5) is 0 Å². The van der Waals surface area contributed by atoms with E-state index in [0.717, 1.165) is 0 Å². The normalized spacial score (nSPS) is 14.1. The first-order valence-corrected chi connectivity index (χ1v) is 6.03. The summed E-state index contributed by atoms with van der Waals surface area (Å²) in [5, 5.41) is 9.47. The molecule has 0 aliphatic rings. The maximum atomic E-state index is 11.0. The fourth-order valence-corrected chi connectivity index (χ4v) is 2.18. The minimum absolute atomic E-state index is 0.00730. The van der Waals surface area contributed by atoms with Crippen molar-refractivity contribution < 1.29 is 24.4 Å². The van der Waals surface area contributed by atoms with Gasteiger partial charge in [0.25, 0.3) is 0 Å². The second-order valence-electron chi connectivity index (χ2n) is 3.46. The Bertz CT molecular complexity index is 264. The summed E-state index contributed by atoms with van der Waals surface area (Å²) in [4.78, 5) is 30.0. The lowest BCUT2D eigenvalue weighted by Crippen LogP contribution is -2.34. The minimum atomic E-state index is -4.24. The van der Waals surface area contributed by atoms with E-state index in [1.807, 2.05) is 0 Å². The molecule has 0 heterocycles. The zero-order valence-corrected chi connectivity index (χ0v) is 9.89. The molecule has 0 aromatic heterocycles. The van der Waals surface area contributed by atoms with Gasteiger partial charge in [-0.3, -0.25) is 19.5 Å². The summed E-state index contributed by atoms with van der Waals surface area (Å²) in [6.45, 7) is 1.06. The van der Waals surface area contributed by atoms with E-state index in [1.165, 1.54) is 25.9 Å². The quantitative estimate of drug-likeness (QED) is 0.346. The molecule has 90 valence electrons. The molecule has 1 amide bonds. The lowest BCUT2D eigenvalue weighted by molar-refractivity contribution is -0.163. The molecule has 1 unspecified atom stereocenters. The van der Waals surface area contributed by atoms with Crippen LogP contribution in [0.15, 0.2) is 0 Å². The van der Waals surface area contributed by atoms with E-state index in [-0.39, 0.29) is 13.0 Å². The Hall–Kier alpha value is -0.460. The van der Waals surface area contributed by atoms with Gasteiger partial charge >= 0.3 is 7.60 Å². The smallest absolute Gasteiger partial charge is 0.323 e. The van der Waals surface area contributed by atoms with Crippen molar-refractivity contribution in [3.63, 3.8) is 0 Å². The lowest BCUT2D eigenvalue weighted by atomic mass is 10.4. The van der Waals surface area contributed by atoms with Gasteiger partial charge in [-0.15, -0.1) is 0 Å². The van der Waals surface area contributed by atoms with Gasteiger partial charge in [0.15, 0.2) is 0 Å². The molecule has 0 aliphatic heterocycles. The number of carbonyl (C=O) groups is 1. The molecule has 0 rings (SSSR count). The highest BCUT2D eigenvalue weighted by molar-refractivity contribution is 7.52. The zero-order chi connectivity index (χ0) is 12.2. The molecule has 0 spiro atoms. The molecule has 15 heavy (non-hydrogen) atoms. The van der Waals surface area contributed by atoms with Gasteiger partial charge in [-0.2, -0.15) is 0 Å². The number of hydroxylamine groups is 2. The summed E-state index contributed by atoms with van der Waals surface area (Å²) in [6.07, 6.45) is 0.00730. The number of hydrogen-bond acceptors (Lipinski definition) is 4. The molecule has 0 aromatic rings. The molecule has 0 radical (unpaired) electrons. The number of carbonyl (C=O) groups excluding carboxylic acids is 1. The summed E-state index contributed by atoms with van der Waals surface area (Å²) in [5.74, 6) is -1.55. The molecule has 0 fully saturated rings. The highest BCUT2D eigenvalue weighted by Crippen LogP contribution is 2.43. The Labute approximate surface area is 88.4 Å². The second kappa shape index (κ2) is 5.58. The van der Waals surface area contributed by atoms with Crippen LogP contribution in [0.5, 0.6) is 0 Å². The van der Waals surface area contributed by atoms with Gasteiger partial charge in [-0.1, -0.05) is 0 Å². The van der Waals surface area contributed by atoms with Crippen LogP contribution in [0.3, 0.4) is 0 Å². The van der Waals surface area contributed by atoms with Crippen LogP contribution in [0.1, 0.15) is 13.3 Å². The Morgan fingerprint density at radius 1 is 1.40 bits per heavy atom. The average molecular weight is 240 g/mol. The molecule has 0 bridgehead atoms. The third kappa shape index (κ3) is 5.25. The molecule has 0 saturated carbocycles. The van der Waals surface area contributed by atoms with E-state index in [4.69, 9.17) is 15.0 Å². The van der Waals surface area contributed by atoms with E-state index >= 15 is 0 Å². The van der Waals surface area contributed by atoms with Crippen molar-refractivity contribution in [2.24, 2.45) is 0 Å². The van der Waals surface area contributed by atoms with E-state index < -0.39 is 19.3 Å². The van der Waals surface area contributed by atoms with Gasteiger partial charge in [0.2, 0.25) is 5.91 Å². The van der Waals surface area contributed by atoms with Crippen LogP contribution in [-0.2, 0) is 9.36 Å². The van der Waals surface area contributed by atoms with Crippen molar-refractivity contribution in [1.82, 2.24) is 9.96 Å². The van der Waals surface area contributed by atoms with Crippen molar-refractivity contribution in [3.05, 3.63) is 0 Å². The average Bonchev–Trinajstić information content (AvgIpc) is 2.00. The highest BCUT2D eigenvalue weighted by atomic mass is 31.2. The standard InChI is InChI=1S/C7H17N2O5P/c1-6(10)9(11)5-4-7(8(2)3)15(12,13)14/h7,11H,4-5H2,1-3H3,(H2,12,13,14). The van der Waals surface area contributed by atoms with Crippen molar-refractivity contribution in [3.8, 4) is 0 Å². The molecule has 8 heteroatoms. The first-order valence-electron chi connectivity index (χ1n) is 4.35. The highest BCUT2D eigenvalue weighted by Gasteiger charge is 2.30. The molecule has 1 atom stereocenters. The van der Waals surface area contributed by atoms with Gasteiger partial charge in [-0.25, -0.2) is 5.06 Å². The molecular formula is C7H17N2O5P. The van der Waals surface area contributed by atoms with Crippen LogP contribution >= 0.6 is 7.60 Å². The Kier molecular flexibility index (Phi) is 5.41. The molecule has 3 N–H and O–H groups in total. The summed E-state index contributed by atoms with van der Waals surface area (Å²) in [6, 6.07) is 0. The molecule has 0 aromatic carbocycles. The topological polar surface area (TPSA) is 101 Å². The predicted molar refractivity (Wildman–Crippen MR) is 53.3 cm³/mol. The van der Waals surface area contributed by atoms with Crippen molar-refractivity contribution >= 4 is 13.5 Å². The minimum Gasteiger partial charge on any atom is -0.323 e. The predicted octanol–water partition coefficient (Wildman–Crippen LogP) is -0.320. The van der Waals surface area contributed by atoms with Crippen molar-refractivity contribution in [2.75, 3.05) is 20.6 Å². The van der Waals surface area contributed by atoms with Crippen molar-refractivity contribution in [2.45, 2.75) is 19.1 Å². The van der Waals surface area contributed by atoms with Crippen molar-refractivity contribution in [1.29, 1.82) is 0 Å². The molecule has 0 saturated heterocycles. The van der Waals surface area contributed by atoms with Gasteiger partial charge in [0.1, 0.15) is 5.78 Å². The van der Waals surface area contributed by atoms with Gasteiger partial charge in [-0.05, 0) is 20.5 Å². The SMILES string of the molecule is CC(=O)N(O)CCC(N(C)C)P(=O)(O)O. The van der Waals surface area contributed by atoms with Crippen LogP contribution < -0.4 is 0 Å². The number of rotatable bonds is 5.